The van der Waals surface area contributed by atoms with Gasteiger partial charge in [-0.2, -0.15) is 0 Å². The van der Waals surface area contributed by atoms with Crippen LogP contribution >= 0.6 is 0 Å². The highest BCUT2D eigenvalue weighted by Gasteiger charge is 2.36. The lowest BCUT2D eigenvalue weighted by Gasteiger charge is -2.38. The van der Waals surface area contributed by atoms with Crippen LogP contribution in [0.2, 0.25) is 0 Å². The van der Waals surface area contributed by atoms with Gasteiger partial charge < -0.3 is 10.4 Å². The van der Waals surface area contributed by atoms with Gasteiger partial charge in [-0.3, -0.25) is 0 Å². The Balaban J connectivity index is 2.39. The van der Waals surface area contributed by atoms with Gasteiger partial charge in [0.25, 0.3) is 0 Å². The van der Waals surface area contributed by atoms with Gasteiger partial charge in [-0.25, -0.2) is 8.78 Å². The highest BCUT2D eigenvalue weighted by Crippen LogP contribution is 2.26. The molecule has 0 unspecified atom stereocenters. The van der Waals surface area contributed by atoms with Gasteiger partial charge in [-0.15, -0.1) is 0 Å². The molecule has 0 radical (unpaired) electrons. The van der Waals surface area contributed by atoms with E-state index in [9.17, 15) is 13.9 Å². The second kappa shape index (κ2) is 2.75. The number of rotatable bonds is 1. The van der Waals surface area contributed by atoms with E-state index in [1.54, 1.807) is 0 Å². The molecule has 1 aromatic rings. The van der Waals surface area contributed by atoms with E-state index < -0.39 is 17.2 Å². The van der Waals surface area contributed by atoms with Crippen LogP contribution in [0.3, 0.4) is 0 Å². The van der Waals surface area contributed by atoms with Crippen LogP contribution in [0.4, 0.5) is 8.78 Å². The summed E-state index contributed by atoms with van der Waals surface area (Å²) < 4.78 is 25.5. The fourth-order valence-corrected chi connectivity index (χ4v) is 1.39. The first-order valence-electron chi connectivity index (χ1n) is 4.00. The Hall–Kier alpha value is -1.00. The average molecular weight is 185 g/mol. The largest absolute Gasteiger partial charge is 0.382 e. The smallest absolute Gasteiger partial charge is 0.126 e. The number of β-amino-alcohol motifs (C(OH)–C–C–N with tert-alkyl or cyclic N) is 1. The summed E-state index contributed by atoms with van der Waals surface area (Å²) in [6.45, 7) is 0.686. The van der Waals surface area contributed by atoms with Crippen molar-refractivity contribution in [3.05, 3.63) is 35.4 Å². The van der Waals surface area contributed by atoms with Gasteiger partial charge in [0, 0.05) is 19.2 Å². The van der Waals surface area contributed by atoms with Crippen LogP contribution in [-0.4, -0.2) is 18.2 Å². The van der Waals surface area contributed by atoms with Crippen molar-refractivity contribution in [3.8, 4) is 0 Å². The van der Waals surface area contributed by atoms with Crippen molar-refractivity contribution in [1.29, 1.82) is 0 Å². The third-order valence-corrected chi connectivity index (χ3v) is 2.23. The Labute approximate surface area is 74.2 Å². The van der Waals surface area contributed by atoms with Crippen molar-refractivity contribution in [3.63, 3.8) is 0 Å². The predicted molar refractivity (Wildman–Crippen MR) is 43.1 cm³/mol. The SMILES string of the molecule is OC1(c2cc(F)cc(F)c2)CNC1. The molecule has 2 N–H and O–H groups in total. The Bertz CT molecular complexity index is 316. The molecule has 0 aromatic heterocycles. The first kappa shape index (κ1) is 8.59. The summed E-state index contributed by atoms with van der Waals surface area (Å²) in [5.41, 5.74) is -0.799. The second-order valence-electron chi connectivity index (χ2n) is 3.29. The third kappa shape index (κ3) is 1.43. The van der Waals surface area contributed by atoms with Gasteiger partial charge in [0.15, 0.2) is 0 Å². The van der Waals surface area contributed by atoms with Gasteiger partial charge in [-0.1, -0.05) is 0 Å². The molecule has 13 heavy (non-hydrogen) atoms. The summed E-state index contributed by atoms with van der Waals surface area (Å²) in [5, 5.41) is 12.6. The van der Waals surface area contributed by atoms with E-state index in [0.29, 0.717) is 18.7 Å². The van der Waals surface area contributed by atoms with Gasteiger partial charge in [0.1, 0.15) is 17.2 Å². The molecule has 0 spiro atoms. The van der Waals surface area contributed by atoms with E-state index in [4.69, 9.17) is 0 Å². The van der Waals surface area contributed by atoms with E-state index >= 15 is 0 Å². The minimum atomic E-state index is -1.09. The molecule has 1 aliphatic heterocycles. The molecule has 2 rings (SSSR count). The van der Waals surface area contributed by atoms with Crippen LogP contribution in [0, 0.1) is 11.6 Å². The molecule has 0 atom stereocenters. The number of benzene rings is 1. The highest BCUT2D eigenvalue weighted by atomic mass is 19.1. The highest BCUT2D eigenvalue weighted by molar-refractivity contribution is 5.27. The van der Waals surface area contributed by atoms with E-state index in [-0.39, 0.29) is 0 Å². The van der Waals surface area contributed by atoms with E-state index in [1.165, 1.54) is 0 Å². The molecule has 4 heteroatoms. The van der Waals surface area contributed by atoms with Crippen LogP contribution < -0.4 is 5.32 Å². The first-order valence-corrected chi connectivity index (χ1v) is 4.00. The Morgan fingerprint density at radius 3 is 2.08 bits per heavy atom. The number of hydrogen-bond acceptors (Lipinski definition) is 2. The maximum absolute atomic E-state index is 12.7. The van der Waals surface area contributed by atoms with Crippen LogP contribution in [-0.2, 0) is 5.60 Å². The van der Waals surface area contributed by atoms with Gasteiger partial charge in [0.2, 0.25) is 0 Å². The molecule has 1 saturated heterocycles. The number of nitrogens with one attached hydrogen (secondary N) is 1. The third-order valence-electron chi connectivity index (χ3n) is 2.23. The summed E-state index contributed by atoms with van der Waals surface area (Å²) in [4.78, 5) is 0. The van der Waals surface area contributed by atoms with Crippen molar-refractivity contribution in [2.24, 2.45) is 0 Å². The van der Waals surface area contributed by atoms with Crippen molar-refractivity contribution in [2.45, 2.75) is 5.60 Å². The first-order chi connectivity index (χ1) is 6.10. The zero-order valence-electron chi connectivity index (χ0n) is 6.85. The molecule has 0 bridgehead atoms. The van der Waals surface area contributed by atoms with E-state index in [0.717, 1.165) is 18.2 Å². The normalized spacial score (nSPS) is 19.6. The van der Waals surface area contributed by atoms with Gasteiger partial charge in [0.05, 0.1) is 0 Å². The fourth-order valence-electron chi connectivity index (χ4n) is 1.39. The lowest BCUT2D eigenvalue weighted by atomic mass is 9.88. The van der Waals surface area contributed by atoms with Gasteiger partial charge in [-0.05, 0) is 17.7 Å². The predicted octanol–water partition coefficient (Wildman–Crippen LogP) is 0.756. The van der Waals surface area contributed by atoms with E-state index in [1.807, 2.05) is 0 Å². The zero-order valence-corrected chi connectivity index (χ0v) is 6.85. The summed E-state index contributed by atoms with van der Waals surface area (Å²) in [6.07, 6.45) is 0. The van der Waals surface area contributed by atoms with Crippen molar-refractivity contribution in [1.82, 2.24) is 5.32 Å². The Morgan fingerprint density at radius 1 is 1.15 bits per heavy atom. The van der Waals surface area contributed by atoms with Crippen molar-refractivity contribution in [2.75, 3.05) is 13.1 Å². The lowest BCUT2D eigenvalue weighted by Crippen LogP contribution is -2.56. The zero-order chi connectivity index (χ0) is 9.47. The maximum atomic E-state index is 12.7. The standard InChI is InChI=1S/C9H9F2NO/c10-7-1-6(2-8(11)3-7)9(13)4-12-5-9/h1-3,12-13H,4-5H2. The molecule has 70 valence electrons. The topological polar surface area (TPSA) is 32.3 Å². The lowest BCUT2D eigenvalue weighted by molar-refractivity contribution is -0.0151. The average Bonchev–Trinajstić information content (AvgIpc) is 1.98. The Kier molecular flexibility index (Phi) is 1.82. The van der Waals surface area contributed by atoms with Crippen LogP contribution in [0.15, 0.2) is 18.2 Å². The molecule has 1 heterocycles. The molecular formula is C9H9F2NO. The van der Waals surface area contributed by atoms with Crippen molar-refractivity contribution >= 4 is 0 Å². The molecule has 0 saturated carbocycles. The summed E-state index contributed by atoms with van der Waals surface area (Å²) in [7, 11) is 0. The molecule has 1 aromatic carbocycles. The molecule has 0 aliphatic carbocycles. The molecular weight excluding hydrogens is 176 g/mol. The molecule has 1 aliphatic rings. The summed E-state index contributed by atoms with van der Waals surface area (Å²) in [6, 6.07) is 3.10. The summed E-state index contributed by atoms with van der Waals surface area (Å²) in [5.74, 6) is -1.31. The maximum Gasteiger partial charge on any atom is 0.126 e. The molecule has 1 fully saturated rings. The van der Waals surface area contributed by atoms with Gasteiger partial charge >= 0.3 is 0 Å². The monoisotopic (exact) mass is 185 g/mol. The Morgan fingerprint density at radius 2 is 1.69 bits per heavy atom. The quantitative estimate of drug-likeness (QED) is 0.676. The fraction of sp³-hybridized carbons (Fsp3) is 0.333. The summed E-state index contributed by atoms with van der Waals surface area (Å²) >= 11 is 0. The number of hydrogen-bond donors (Lipinski definition) is 2. The molecule has 0 amide bonds. The number of halogens is 2. The number of aliphatic hydroxyl groups is 1. The van der Waals surface area contributed by atoms with Crippen LogP contribution in [0.25, 0.3) is 0 Å². The minimum Gasteiger partial charge on any atom is -0.382 e. The van der Waals surface area contributed by atoms with Crippen LogP contribution in [0.1, 0.15) is 5.56 Å². The second-order valence-corrected chi connectivity index (χ2v) is 3.29. The van der Waals surface area contributed by atoms with Crippen LogP contribution in [0.5, 0.6) is 0 Å². The minimum absolute atomic E-state index is 0.295. The van der Waals surface area contributed by atoms with E-state index in [2.05, 4.69) is 5.32 Å². The molecule has 2 nitrogen and oxygen atoms in total. The van der Waals surface area contributed by atoms with Crippen molar-refractivity contribution < 1.29 is 13.9 Å².